The Hall–Kier alpha value is -0.870. The number of aryl methyl sites for hydroxylation is 2. The van der Waals surface area contributed by atoms with Gasteiger partial charge < -0.3 is 9.80 Å². The molecule has 1 fully saturated rings. The second kappa shape index (κ2) is 7.23. The topological polar surface area (TPSA) is 24.3 Å². The van der Waals surface area contributed by atoms with E-state index in [1.165, 1.54) is 44.5 Å². The molecule has 1 aliphatic heterocycles. The van der Waals surface area contributed by atoms with E-state index in [0.29, 0.717) is 0 Å². The van der Waals surface area contributed by atoms with Crippen molar-refractivity contribution in [3.05, 3.63) is 18.0 Å². The third-order valence-corrected chi connectivity index (χ3v) is 4.75. The fourth-order valence-electron chi connectivity index (χ4n) is 3.38. The van der Waals surface area contributed by atoms with E-state index >= 15 is 0 Å². The third kappa shape index (κ3) is 4.06. The summed E-state index contributed by atoms with van der Waals surface area (Å²) in [6.07, 6.45) is 9.12. The molecule has 1 aromatic heterocycles. The summed E-state index contributed by atoms with van der Waals surface area (Å²) < 4.78 is 1.89. The van der Waals surface area contributed by atoms with Crippen molar-refractivity contribution in [2.75, 3.05) is 26.7 Å². The monoisotopic (exact) mass is 278 g/mol. The molecule has 20 heavy (non-hydrogen) atoms. The van der Waals surface area contributed by atoms with Gasteiger partial charge in [-0.25, -0.2) is 0 Å². The van der Waals surface area contributed by atoms with Crippen molar-refractivity contribution in [1.29, 1.82) is 0 Å². The number of likely N-dealkylation sites (tertiary alicyclic amines) is 1. The van der Waals surface area contributed by atoms with Crippen LogP contribution in [-0.2, 0) is 13.5 Å². The van der Waals surface area contributed by atoms with Gasteiger partial charge in [-0.3, -0.25) is 4.68 Å². The molecule has 4 nitrogen and oxygen atoms in total. The van der Waals surface area contributed by atoms with Crippen LogP contribution in [0, 0.1) is 0 Å². The molecular formula is C16H30N4. The summed E-state index contributed by atoms with van der Waals surface area (Å²) in [5, 5.41) is 4.23. The average molecular weight is 278 g/mol. The molecule has 0 aliphatic carbocycles. The van der Waals surface area contributed by atoms with E-state index in [4.69, 9.17) is 0 Å². The number of rotatable bonds is 6. The zero-order valence-corrected chi connectivity index (χ0v) is 13.5. The van der Waals surface area contributed by atoms with E-state index in [1.54, 1.807) is 0 Å². The minimum atomic E-state index is 0.736. The Bertz CT molecular complexity index is 401. The zero-order chi connectivity index (χ0) is 14.5. The number of hydrogen-bond acceptors (Lipinski definition) is 3. The van der Waals surface area contributed by atoms with Gasteiger partial charge in [-0.15, -0.1) is 0 Å². The maximum absolute atomic E-state index is 4.23. The Morgan fingerprint density at radius 2 is 2.25 bits per heavy atom. The van der Waals surface area contributed by atoms with Gasteiger partial charge in [0.2, 0.25) is 0 Å². The summed E-state index contributed by atoms with van der Waals surface area (Å²) in [5.41, 5.74) is 1.36. The van der Waals surface area contributed by atoms with Crippen LogP contribution < -0.4 is 0 Å². The number of piperidine rings is 1. The summed E-state index contributed by atoms with van der Waals surface area (Å²) in [4.78, 5) is 5.17. The molecule has 0 spiro atoms. The van der Waals surface area contributed by atoms with Crippen LogP contribution in [0.2, 0.25) is 0 Å². The van der Waals surface area contributed by atoms with Gasteiger partial charge in [-0.1, -0.05) is 6.92 Å². The molecule has 1 aromatic rings. The van der Waals surface area contributed by atoms with Crippen LogP contribution in [0.3, 0.4) is 0 Å². The van der Waals surface area contributed by atoms with Gasteiger partial charge in [0.25, 0.3) is 0 Å². The third-order valence-electron chi connectivity index (χ3n) is 4.75. The molecule has 2 rings (SSSR count). The first kappa shape index (κ1) is 15.5. The predicted octanol–water partition coefficient (Wildman–Crippen LogP) is 2.16. The highest BCUT2D eigenvalue weighted by atomic mass is 15.2. The van der Waals surface area contributed by atoms with Crippen LogP contribution in [-0.4, -0.2) is 58.3 Å². The first-order valence-corrected chi connectivity index (χ1v) is 8.02. The summed E-state index contributed by atoms with van der Waals surface area (Å²) in [6.45, 7) is 8.29. The fourth-order valence-corrected chi connectivity index (χ4v) is 3.38. The van der Waals surface area contributed by atoms with Crippen molar-refractivity contribution in [1.82, 2.24) is 19.6 Å². The van der Waals surface area contributed by atoms with E-state index in [-0.39, 0.29) is 0 Å². The standard InChI is InChI=1S/C16H30N4/c1-5-20-10-8-16(11-14(20)2)18(3)9-6-7-15-12-17-19(4)13-15/h12-14,16H,5-11H2,1-4H3/t14-,16+/m0/s1. The summed E-state index contributed by atoms with van der Waals surface area (Å²) >= 11 is 0. The van der Waals surface area contributed by atoms with Crippen LogP contribution in [0.25, 0.3) is 0 Å². The van der Waals surface area contributed by atoms with Gasteiger partial charge in [0.15, 0.2) is 0 Å². The van der Waals surface area contributed by atoms with E-state index in [2.05, 4.69) is 42.0 Å². The second-order valence-electron chi connectivity index (χ2n) is 6.26. The Labute approximate surface area is 123 Å². The molecule has 4 heteroatoms. The molecule has 114 valence electrons. The molecule has 1 aliphatic rings. The summed E-state index contributed by atoms with van der Waals surface area (Å²) in [7, 11) is 4.28. The molecule has 0 amide bonds. The highest BCUT2D eigenvalue weighted by molar-refractivity contribution is 5.03. The quantitative estimate of drug-likeness (QED) is 0.797. The van der Waals surface area contributed by atoms with Gasteiger partial charge in [0.05, 0.1) is 6.20 Å². The van der Waals surface area contributed by atoms with Crippen LogP contribution in [0.5, 0.6) is 0 Å². The SMILES string of the molecule is CCN1CC[C@@H](N(C)CCCc2cnn(C)c2)C[C@@H]1C. The zero-order valence-electron chi connectivity index (χ0n) is 13.5. The summed E-state index contributed by atoms with van der Waals surface area (Å²) in [6, 6.07) is 1.50. The van der Waals surface area contributed by atoms with Crippen molar-refractivity contribution in [3.63, 3.8) is 0 Å². The Balaban J connectivity index is 1.71. The Kier molecular flexibility index (Phi) is 5.61. The highest BCUT2D eigenvalue weighted by Crippen LogP contribution is 2.21. The van der Waals surface area contributed by atoms with Gasteiger partial charge in [0.1, 0.15) is 0 Å². The highest BCUT2D eigenvalue weighted by Gasteiger charge is 2.26. The molecule has 0 N–H and O–H groups in total. The molecule has 0 aromatic carbocycles. The normalized spacial score (nSPS) is 24.4. The lowest BCUT2D eigenvalue weighted by molar-refractivity contribution is 0.0893. The molecular weight excluding hydrogens is 248 g/mol. The molecule has 2 heterocycles. The lowest BCUT2D eigenvalue weighted by Crippen LogP contribution is -2.48. The maximum Gasteiger partial charge on any atom is 0.0521 e. The van der Waals surface area contributed by atoms with Crippen LogP contribution in [0.15, 0.2) is 12.4 Å². The van der Waals surface area contributed by atoms with E-state index < -0.39 is 0 Å². The van der Waals surface area contributed by atoms with Crippen LogP contribution in [0.1, 0.15) is 38.7 Å². The van der Waals surface area contributed by atoms with Crippen molar-refractivity contribution < 1.29 is 0 Å². The van der Waals surface area contributed by atoms with Crippen molar-refractivity contribution >= 4 is 0 Å². The Morgan fingerprint density at radius 1 is 1.45 bits per heavy atom. The van der Waals surface area contributed by atoms with E-state index in [9.17, 15) is 0 Å². The second-order valence-corrected chi connectivity index (χ2v) is 6.26. The van der Waals surface area contributed by atoms with Crippen molar-refractivity contribution in [2.24, 2.45) is 7.05 Å². The minimum absolute atomic E-state index is 0.736. The molecule has 2 atom stereocenters. The minimum Gasteiger partial charge on any atom is -0.303 e. The van der Waals surface area contributed by atoms with Crippen LogP contribution in [0.4, 0.5) is 0 Å². The maximum atomic E-state index is 4.23. The first-order valence-electron chi connectivity index (χ1n) is 8.02. The number of hydrogen-bond donors (Lipinski definition) is 0. The molecule has 0 bridgehead atoms. The van der Waals surface area contributed by atoms with Crippen molar-refractivity contribution in [3.8, 4) is 0 Å². The lowest BCUT2D eigenvalue weighted by atomic mass is 9.97. The van der Waals surface area contributed by atoms with E-state index in [1.807, 2.05) is 17.9 Å². The Morgan fingerprint density at radius 3 is 2.85 bits per heavy atom. The largest absolute Gasteiger partial charge is 0.303 e. The molecule has 1 saturated heterocycles. The molecule has 0 radical (unpaired) electrons. The summed E-state index contributed by atoms with van der Waals surface area (Å²) in [5.74, 6) is 0. The molecule has 0 saturated carbocycles. The fraction of sp³-hybridized carbons (Fsp3) is 0.812. The van der Waals surface area contributed by atoms with Crippen LogP contribution >= 0.6 is 0 Å². The first-order chi connectivity index (χ1) is 9.60. The van der Waals surface area contributed by atoms with Gasteiger partial charge in [-0.05, 0) is 64.9 Å². The van der Waals surface area contributed by atoms with Crippen molar-refractivity contribution in [2.45, 2.75) is 51.6 Å². The molecule has 0 unspecified atom stereocenters. The lowest BCUT2D eigenvalue weighted by Gasteiger charge is -2.40. The van der Waals surface area contributed by atoms with Gasteiger partial charge in [-0.2, -0.15) is 5.10 Å². The number of nitrogens with zero attached hydrogens (tertiary/aromatic N) is 4. The predicted molar refractivity (Wildman–Crippen MR) is 83.9 cm³/mol. The van der Waals surface area contributed by atoms with E-state index in [0.717, 1.165) is 18.5 Å². The average Bonchev–Trinajstić information content (AvgIpc) is 2.84. The van der Waals surface area contributed by atoms with Gasteiger partial charge >= 0.3 is 0 Å². The van der Waals surface area contributed by atoms with Gasteiger partial charge in [0, 0.05) is 25.3 Å². The number of aromatic nitrogens is 2. The smallest absolute Gasteiger partial charge is 0.0521 e.